The minimum absolute atomic E-state index is 0.304. The Morgan fingerprint density at radius 1 is 1.39 bits per heavy atom. The van der Waals surface area contributed by atoms with Gasteiger partial charge in [-0.1, -0.05) is 20.8 Å². The van der Waals surface area contributed by atoms with Crippen molar-refractivity contribution in [3.05, 3.63) is 18.0 Å². The molecule has 0 aliphatic carbocycles. The van der Waals surface area contributed by atoms with Crippen LogP contribution in [0.2, 0.25) is 0 Å². The molecule has 18 heavy (non-hydrogen) atoms. The normalized spacial score (nSPS) is 15.0. The number of ether oxygens (including phenoxy) is 1. The lowest BCUT2D eigenvalue weighted by Gasteiger charge is -2.26. The van der Waals surface area contributed by atoms with Gasteiger partial charge < -0.3 is 10.5 Å². The molecule has 0 aliphatic heterocycles. The van der Waals surface area contributed by atoms with Crippen LogP contribution in [0.1, 0.15) is 51.8 Å². The lowest BCUT2D eigenvalue weighted by atomic mass is 9.93. The predicted octanol–water partition coefficient (Wildman–Crippen LogP) is 2.54. The molecule has 0 saturated carbocycles. The van der Waals surface area contributed by atoms with Crippen LogP contribution >= 0.6 is 0 Å². The van der Waals surface area contributed by atoms with E-state index < -0.39 is 0 Å². The van der Waals surface area contributed by atoms with Crippen LogP contribution in [0.5, 0.6) is 0 Å². The van der Waals surface area contributed by atoms with Gasteiger partial charge in [-0.15, -0.1) is 0 Å². The molecular weight excluding hydrogens is 226 g/mol. The van der Waals surface area contributed by atoms with Crippen LogP contribution in [0.4, 0.5) is 0 Å². The zero-order valence-corrected chi connectivity index (χ0v) is 12.1. The Kier molecular flexibility index (Phi) is 5.82. The van der Waals surface area contributed by atoms with Gasteiger partial charge >= 0.3 is 0 Å². The number of nitrogens with zero attached hydrogens (tertiary/aromatic N) is 2. The van der Waals surface area contributed by atoms with Crippen molar-refractivity contribution in [3.8, 4) is 0 Å². The summed E-state index contributed by atoms with van der Waals surface area (Å²) in [5.41, 5.74) is 7.07. The second-order valence-electron chi connectivity index (χ2n) is 5.08. The average molecular weight is 253 g/mol. The summed E-state index contributed by atoms with van der Waals surface area (Å²) in [6, 6.07) is 2.57. The number of methoxy groups -OCH3 is 1. The second-order valence-corrected chi connectivity index (χ2v) is 5.08. The van der Waals surface area contributed by atoms with E-state index in [9.17, 15) is 0 Å². The van der Waals surface area contributed by atoms with Gasteiger partial charge in [-0.05, 0) is 25.3 Å². The molecule has 1 aromatic rings. The predicted molar refractivity (Wildman–Crippen MR) is 74.6 cm³/mol. The quantitative estimate of drug-likeness (QED) is 0.774. The van der Waals surface area contributed by atoms with Crippen LogP contribution in [0, 0.1) is 0 Å². The van der Waals surface area contributed by atoms with E-state index in [4.69, 9.17) is 10.5 Å². The minimum Gasteiger partial charge on any atom is -0.383 e. The first-order valence-electron chi connectivity index (χ1n) is 6.90. The van der Waals surface area contributed by atoms with Gasteiger partial charge in [0, 0.05) is 25.3 Å². The topological polar surface area (TPSA) is 53.1 Å². The zero-order chi connectivity index (χ0) is 13.6. The molecule has 0 bridgehead atoms. The molecule has 0 saturated heterocycles. The highest BCUT2D eigenvalue weighted by Gasteiger charge is 2.24. The standard InChI is InChI=1S/C14H27N3O/c1-5-13(6-2)17-9-8-12(16-17)10-14(15,7-3)11-18-4/h8-9,13H,5-7,10-11,15H2,1-4H3. The van der Waals surface area contributed by atoms with Crippen molar-refractivity contribution < 1.29 is 4.74 Å². The fourth-order valence-corrected chi connectivity index (χ4v) is 2.26. The molecule has 1 atom stereocenters. The summed E-state index contributed by atoms with van der Waals surface area (Å²) in [6.07, 6.45) is 5.94. The lowest BCUT2D eigenvalue weighted by molar-refractivity contribution is 0.128. The third kappa shape index (κ3) is 3.82. The van der Waals surface area contributed by atoms with Gasteiger partial charge in [0.2, 0.25) is 0 Å². The minimum atomic E-state index is -0.304. The molecule has 0 fully saturated rings. The Hall–Kier alpha value is -0.870. The molecule has 0 aromatic carbocycles. The number of hydrogen-bond donors (Lipinski definition) is 1. The van der Waals surface area contributed by atoms with E-state index in [2.05, 4.69) is 42.8 Å². The highest BCUT2D eigenvalue weighted by atomic mass is 16.5. The molecule has 104 valence electrons. The first-order chi connectivity index (χ1) is 8.58. The second kappa shape index (κ2) is 6.90. The van der Waals surface area contributed by atoms with Crippen LogP contribution < -0.4 is 5.73 Å². The Morgan fingerprint density at radius 3 is 2.56 bits per heavy atom. The maximum absolute atomic E-state index is 6.32. The van der Waals surface area contributed by atoms with Crippen molar-refractivity contribution in [2.45, 2.75) is 58.0 Å². The van der Waals surface area contributed by atoms with Crippen molar-refractivity contribution in [1.82, 2.24) is 9.78 Å². The van der Waals surface area contributed by atoms with E-state index in [1.165, 1.54) is 0 Å². The molecule has 0 aliphatic rings. The van der Waals surface area contributed by atoms with Crippen LogP contribution in [0.3, 0.4) is 0 Å². The summed E-state index contributed by atoms with van der Waals surface area (Å²) in [5, 5.41) is 4.65. The zero-order valence-electron chi connectivity index (χ0n) is 12.1. The van der Waals surface area contributed by atoms with Gasteiger partial charge in [0.25, 0.3) is 0 Å². The van der Waals surface area contributed by atoms with Gasteiger partial charge in [-0.25, -0.2) is 0 Å². The number of hydrogen-bond acceptors (Lipinski definition) is 3. The van der Waals surface area contributed by atoms with E-state index in [1.807, 2.05) is 0 Å². The maximum Gasteiger partial charge on any atom is 0.0646 e. The molecule has 0 spiro atoms. The fraction of sp³-hybridized carbons (Fsp3) is 0.786. The van der Waals surface area contributed by atoms with Crippen molar-refractivity contribution in [3.63, 3.8) is 0 Å². The van der Waals surface area contributed by atoms with Crippen molar-refractivity contribution >= 4 is 0 Å². The van der Waals surface area contributed by atoms with E-state index >= 15 is 0 Å². The van der Waals surface area contributed by atoms with E-state index in [-0.39, 0.29) is 5.54 Å². The molecule has 1 unspecified atom stereocenters. The lowest BCUT2D eigenvalue weighted by Crippen LogP contribution is -2.45. The van der Waals surface area contributed by atoms with Crippen LogP contribution in [0.25, 0.3) is 0 Å². The number of rotatable bonds is 8. The molecule has 4 heteroatoms. The Balaban J connectivity index is 2.73. The van der Waals surface area contributed by atoms with Gasteiger partial charge in [-0.3, -0.25) is 4.68 Å². The Bertz CT molecular complexity index is 347. The summed E-state index contributed by atoms with van der Waals surface area (Å²) in [5.74, 6) is 0. The molecule has 0 radical (unpaired) electrons. The number of nitrogens with two attached hydrogens (primary N) is 1. The largest absolute Gasteiger partial charge is 0.383 e. The van der Waals surface area contributed by atoms with Gasteiger partial charge in [-0.2, -0.15) is 5.10 Å². The smallest absolute Gasteiger partial charge is 0.0646 e. The molecule has 1 aromatic heterocycles. The van der Waals surface area contributed by atoms with Crippen LogP contribution in [-0.2, 0) is 11.2 Å². The SMILES string of the molecule is CCC(CC)n1ccc(CC(N)(CC)COC)n1. The third-order valence-electron chi connectivity index (χ3n) is 3.65. The van der Waals surface area contributed by atoms with Crippen molar-refractivity contribution in [2.24, 2.45) is 5.73 Å². The molecule has 0 amide bonds. The summed E-state index contributed by atoms with van der Waals surface area (Å²) < 4.78 is 7.27. The van der Waals surface area contributed by atoms with E-state index in [0.717, 1.165) is 31.4 Å². The number of aromatic nitrogens is 2. The van der Waals surface area contributed by atoms with Gasteiger partial charge in [0.15, 0.2) is 0 Å². The summed E-state index contributed by atoms with van der Waals surface area (Å²) in [6.45, 7) is 7.05. The summed E-state index contributed by atoms with van der Waals surface area (Å²) >= 11 is 0. The van der Waals surface area contributed by atoms with Crippen LogP contribution in [-0.4, -0.2) is 29.0 Å². The third-order valence-corrected chi connectivity index (χ3v) is 3.65. The molecular formula is C14H27N3O. The van der Waals surface area contributed by atoms with Gasteiger partial charge in [0.1, 0.15) is 0 Å². The first-order valence-corrected chi connectivity index (χ1v) is 6.90. The Labute approximate surface area is 111 Å². The van der Waals surface area contributed by atoms with Crippen molar-refractivity contribution in [1.29, 1.82) is 0 Å². The van der Waals surface area contributed by atoms with Crippen molar-refractivity contribution in [2.75, 3.05) is 13.7 Å². The highest BCUT2D eigenvalue weighted by Crippen LogP contribution is 2.18. The molecule has 1 rings (SSSR count). The monoisotopic (exact) mass is 253 g/mol. The molecule has 1 heterocycles. The van der Waals surface area contributed by atoms with E-state index in [0.29, 0.717) is 12.6 Å². The van der Waals surface area contributed by atoms with Gasteiger partial charge in [0.05, 0.1) is 18.3 Å². The average Bonchev–Trinajstić information content (AvgIpc) is 2.79. The van der Waals surface area contributed by atoms with E-state index in [1.54, 1.807) is 7.11 Å². The Morgan fingerprint density at radius 2 is 2.06 bits per heavy atom. The summed E-state index contributed by atoms with van der Waals surface area (Å²) in [4.78, 5) is 0. The first kappa shape index (κ1) is 15.2. The molecule has 2 N–H and O–H groups in total. The highest BCUT2D eigenvalue weighted by molar-refractivity contribution is 5.06. The maximum atomic E-state index is 6.32. The van der Waals surface area contributed by atoms with Crippen LogP contribution in [0.15, 0.2) is 12.3 Å². The fourth-order valence-electron chi connectivity index (χ4n) is 2.26. The summed E-state index contributed by atoms with van der Waals surface area (Å²) in [7, 11) is 1.69. The molecule has 4 nitrogen and oxygen atoms in total.